The van der Waals surface area contributed by atoms with Gasteiger partial charge in [0.15, 0.2) is 0 Å². The van der Waals surface area contributed by atoms with Crippen LogP contribution >= 0.6 is 0 Å². The molecule has 0 saturated carbocycles. The number of carbonyl (C=O) groups is 2. The first-order valence-electron chi connectivity index (χ1n) is 6.78. The molecule has 110 valence electrons. The van der Waals surface area contributed by atoms with Gasteiger partial charge in [-0.05, 0) is 25.0 Å². The lowest BCUT2D eigenvalue weighted by Gasteiger charge is -2.21. The lowest BCUT2D eigenvalue weighted by Crippen LogP contribution is -2.42. The van der Waals surface area contributed by atoms with Crippen molar-refractivity contribution in [3.8, 4) is 0 Å². The average Bonchev–Trinajstić information content (AvgIpc) is 3.04. The topological polar surface area (TPSA) is 95.4 Å². The molecular weight excluding hydrogens is 274 g/mol. The number of para-hydroxylation sites is 2. The number of aromatic amines is 1. The zero-order chi connectivity index (χ0) is 15.0. The predicted molar refractivity (Wildman–Crippen MR) is 74.9 cm³/mol. The minimum atomic E-state index is -0.993. The van der Waals surface area contributed by atoms with Gasteiger partial charge in [-0.25, -0.2) is 9.59 Å². The number of aliphatic carboxylic acids is 1. The number of H-pyrrole nitrogens is 1. The number of carboxylic acids is 1. The molecule has 0 bridgehead atoms. The highest BCUT2D eigenvalue weighted by Gasteiger charge is 2.34. The number of benzene rings is 1. The zero-order valence-corrected chi connectivity index (χ0v) is 11.3. The molecule has 2 aromatic rings. The molecule has 1 saturated heterocycles. The van der Waals surface area contributed by atoms with Crippen LogP contribution in [0.3, 0.4) is 0 Å². The fourth-order valence-electron chi connectivity index (χ4n) is 2.81. The van der Waals surface area contributed by atoms with E-state index >= 15 is 0 Å². The van der Waals surface area contributed by atoms with E-state index < -0.39 is 12.0 Å². The monoisotopic (exact) mass is 289 g/mol. The van der Waals surface area contributed by atoms with Gasteiger partial charge in [-0.15, -0.1) is 0 Å². The van der Waals surface area contributed by atoms with E-state index in [1.54, 1.807) is 24.3 Å². The number of nitrogens with one attached hydrogen (secondary N) is 1. The summed E-state index contributed by atoms with van der Waals surface area (Å²) in [6.45, 7) is 0.277. The molecule has 1 amide bonds. The highest BCUT2D eigenvalue weighted by atomic mass is 16.4. The van der Waals surface area contributed by atoms with Crippen LogP contribution in [0.1, 0.15) is 12.8 Å². The number of rotatable bonds is 3. The van der Waals surface area contributed by atoms with Gasteiger partial charge in [-0.2, -0.15) is 0 Å². The number of imidazole rings is 1. The van der Waals surface area contributed by atoms with Crippen molar-refractivity contribution in [1.29, 1.82) is 0 Å². The lowest BCUT2D eigenvalue weighted by atomic mass is 10.2. The number of fused-ring (bicyclic) bond motifs is 1. The first kappa shape index (κ1) is 13.4. The number of hydrogen-bond acceptors (Lipinski definition) is 3. The maximum absolute atomic E-state index is 12.3. The molecule has 0 unspecified atom stereocenters. The van der Waals surface area contributed by atoms with Crippen LogP contribution in [0.15, 0.2) is 29.1 Å². The Morgan fingerprint density at radius 3 is 2.86 bits per heavy atom. The van der Waals surface area contributed by atoms with E-state index in [1.165, 1.54) is 9.47 Å². The Labute approximate surface area is 119 Å². The molecule has 1 aromatic heterocycles. The van der Waals surface area contributed by atoms with E-state index in [1.807, 2.05) is 0 Å². The number of likely N-dealkylation sites (tertiary alicyclic amines) is 1. The van der Waals surface area contributed by atoms with Gasteiger partial charge in [-0.1, -0.05) is 12.1 Å². The third kappa shape index (κ3) is 2.31. The second-order valence-electron chi connectivity index (χ2n) is 5.12. The fourth-order valence-corrected chi connectivity index (χ4v) is 2.81. The van der Waals surface area contributed by atoms with Crippen molar-refractivity contribution in [2.24, 2.45) is 0 Å². The van der Waals surface area contributed by atoms with Crippen molar-refractivity contribution in [1.82, 2.24) is 14.5 Å². The van der Waals surface area contributed by atoms with Crippen molar-refractivity contribution in [3.05, 3.63) is 34.7 Å². The minimum Gasteiger partial charge on any atom is -0.480 e. The Hall–Kier alpha value is -2.57. The smallest absolute Gasteiger partial charge is 0.326 e. The summed E-state index contributed by atoms with van der Waals surface area (Å²) < 4.78 is 1.34. The summed E-state index contributed by atoms with van der Waals surface area (Å²) in [5.41, 5.74) is 0.934. The molecule has 21 heavy (non-hydrogen) atoms. The van der Waals surface area contributed by atoms with Gasteiger partial charge in [0.05, 0.1) is 11.0 Å². The summed E-state index contributed by atoms with van der Waals surface area (Å²) in [5.74, 6) is -1.33. The number of carbonyl (C=O) groups excluding carboxylic acids is 1. The van der Waals surface area contributed by atoms with Crippen LogP contribution in [0.5, 0.6) is 0 Å². The van der Waals surface area contributed by atoms with Crippen LogP contribution in [0.2, 0.25) is 0 Å². The summed E-state index contributed by atoms with van der Waals surface area (Å²) in [4.78, 5) is 39.4. The van der Waals surface area contributed by atoms with Gasteiger partial charge in [0.1, 0.15) is 12.6 Å². The molecule has 1 aromatic carbocycles. The average molecular weight is 289 g/mol. The maximum atomic E-state index is 12.3. The van der Waals surface area contributed by atoms with Gasteiger partial charge in [-0.3, -0.25) is 9.36 Å². The third-order valence-corrected chi connectivity index (χ3v) is 3.83. The summed E-state index contributed by atoms with van der Waals surface area (Å²) in [7, 11) is 0. The predicted octanol–water partition coefficient (Wildman–Crippen LogP) is 0.405. The van der Waals surface area contributed by atoms with Crippen molar-refractivity contribution in [2.45, 2.75) is 25.4 Å². The van der Waals surface area contributed by atoms with Crippen LogP contribution in [0, 0.1) is 0 Å². The number of hydrogen-bond donors (Lipinski definition) is 2. The van der Waals surface area contributed by atoms with Gasteiger partial charge < -0.3 is 15.0 Å². The molecule has 2 N–H and O–H groups in total. The Morgan fingerprint density at radius 2 is 2.10 bits per heavy atom. The quantitative estimate of drug-likeness (QED) is 0.855. The molecular formula is C14H15N3O4. The highest BCUT2D eigenvalue weighted by Crippen LogP contribution is 2.18. The molecule has 0 spiro atoms. The van der Waals surface area contributed by atoms with Crippen molar-refractivity contribution in [2.75, 3.05) is 6.54 Å². The van der Waals surface area contributed by atoms with Crippen molar-refractivity contribution < 1.29 is 14.7 Å². The van der Waals surface area contributed by atoms with E-state index in [2.05, 4.69) is 4.98 Å². The highest BCUT2D eigenvalue weighted by molar-refractivity contribution is 5.85. The van der Waals surface area contributed by atoms with E-state index in [0.29, 0.717) is 30.4 Å². The Kier molecular flexibility index (Phi) is 3.25. The van der Waals surface area contributed by atoms with Crippen molar-refractivity contribution in [3.63, 3.8) is 0 Å². The summed E-state index contributed by atoms with van der Waals surface area (Å²) in [6.07, 6.45) is 1.13. The molecule has 1 aliphatic rings. The SMILES string of the molecule is O=C(O)[C@@H]1CCCN1C(=O)Cn1c(=O)[nH]c2ccccc21. The van der Waals surface area contributed by atoms with Crippen molar-refractivity contribution >= 4 is 22.9 Å². The molecule has 0 radical (unpaired) electrons. The third-order valence-electron chi connectivity index (χ3n) is 3.83. The number of aromatic nitrogens is 2. The molecule has 1 aliphatic heterocycles. The second-order valence-corrected chi connectivity index (χ2v) is 5.12. The minimum absolute atomic E-state index is 0.146. The molecule has 2 heterocycles. The summed E-state index contributed by atoms with van der Waals surface area (Å²) in [6, 6.07) is 6.31. The Bertz CT molecular complexity index is 761. The standard InChI is InChI=1S/C14H15N3O4/c18-12(16-7-3-6-11(16)13(19)20)8-17-10-5-2-1-4-9(10)15-14(17)21/h1-2,4-5,11H,3,6-8H2,(H,15,21)(H,19,20)/t11-/m0/s1. The Balaban J connectivity index is 1.88. The molecule has 3 rings (SSSR count). The fraction of sp³-hybridized carbons (Fsp3) is 0.357. The lowest BCUT2D eigenvalue weighted by molar-refractivity contribution is -0.148. The largest absolute Gasteiger partial charge is 0.480 e. The van der Waals surface area contributed by atoms with Gasteiger partial charge in [0.25, 0.3) is 0 Å². The van der Waals surface area contributed by atoms with E-state index in [0.717, 1.165) is 0 Å². The van der Waals surface area contributed by atoms with Gasteiger partial charge in [0, 0.05) is 6.54 Å². The van der Waals surface area contributed by atoms with Crippen LogP contribution in [0.4, 0.5) is 0 Å². The van der Waals surface area contributed by atoms with Crippen LogP contribution < -0.4 is 5.69 Å². The second kappa shape index (κ2) is 5.08. The van der Waals surface area contributed by atoms with Crippen LogP contribution in [-0.2, 0) is 16.1 Å². The zero-order valence-electron chi connectivity index (χ0n) is 11.3. The van der Waals surface area contributed by atoms with Crippen LogP contribution in [0.25, 0.3) is 11.0 Å². The number of carboxylic acid groups (broad SMARTS) is 1. The van der Waals surface area contributed by atoms with Gasteiger partial charge >= 0.3 is 11.7 Å². The molecule has 7 heteroatoms. The molecule has 0 aliphatic carbocycles. The first-order valence-corrected chi connectivity index (χ1v) is 6.78. The van der Waals surface area contributed by atoms with E-state index in [-0.39, 0.29) is 18.1 Å². The Morgan fingerprint density at radius 1 is 1.33 bits per heavy atom. The normalized spacial score (nSPS) is 18.3. The molecule has 7 nitrogen and oxygen atoms in total. The summed E-state index contributed by atoms with van der Waals surface area (Å²) >= 11 is 0. The summed E-state index contributed by atoms with van der Waals surface area (Å²) in [5, 5.41) is 9.12. The van der Waals surface area contributed by atoms with Gasteiger partial charge in [0.2, 0.25) is 5.91 Å². The maximum Gasteiger partial charge on any atom is 0.326 e. The van der Waals surface area contributed by atoms with E-state index in [4.69, 9.17) is 5.11 Å². The van der Waals surface area contributed by atoms with Crippen LogP contribution in [-0.4, -0.2) is 44.0 Å². The molecule has 1 fully saturated rings. The number of amides is 1. The number of nitrogens with zero attached hydrogens (tertiary/aromatic N) is 2. The molecule has 1 atom stereocenters. The van der Waals surface area contributed by atoms with E-state index in [9.17, 15) is 14.4 Å². The first-order chi connectivity index (χ1) is 10.1.